The van der Waals surface area contributed by atoms with Crippen LogP contribution in [0.3, 0.4) is 0 Å². The summed E-state index contributed by atoms with van der Waals surface area (Å²) in [4.78, 5) is 28.4. The van der Waals surface area contributed by atoms with Gasteiger partial charge in [-0.05, 0) is 58.3 Å². The molecule has 0 bridgehead atoms. The number of carbonyl (C=O) groups excluding carboxylic acids is 2. The van der Waals surface area contributed by atoms with Crippen molar-refractivity contribution in [3.63, 3.8) is 0 Å². The molecule has 0 aliphatic carbocycles. The zero-order chi connectivity index (χ0) is 23.5. The van der Waals surface area contributed by atoms with E-state index in [1.54, 1.807) is 17.0 Å². The Morgan fingerprint density at radius 3 is 2.06 bits per heavy atom. The van der Waals surface area contributed by atoms with Crippen molar-refractivity contribution >= 4 is 39.4 Å². The number of hydrogen-bond donors (Lipinski definition) is 1. The Morgan fingerprint density at radius 1 is 0.853 bits per heavy atom. The molecule has 1 aliphatic rings. The number of benzene rings is 4. The highest BCUT2D eigenvalue weighted by Gasteiger charge is 2.23. The predicted molar refractivity (Wildman–Crippen MR) is 135 cm³/mol. The number of nitrogens with one attached hydrogen (secondary N) is 1. The average Bonchev–Trinajstić information content (AvgIpc) is 2.88. The Labute approximate surface area is 198 Å². The van der Waals surface area contributed by atoms with Crippen molar-refractivity contribution in [2.24, 2.45) is 0 Å². The summed E-state index contributed by atoms with van der Waals surface area (Å²) in [6.45, 7) is 3.94. The molecule has 5 rings (SSSR count). The van der Waals surface area contributed by atoms with Crippen LogP contribution in [0, 0.1) is 6.92 Å². The Bertz CT molecular complexity index is 1350. The van der Waals surface area contributed by atoms with Gasteiger partial charge in [0.25, 0.3) is 11.8 Å². The summed E-state index contributed by atoms with van der Waals surface area (Å²) < 4.78 is 5.42. The molecule has 34 heavy (non-hydrogen) atoms. The van der Waals surface area contributed by atoms with Crippen LogP contribution in [0.15, 0.2) is 84.6 Å². The second-order valence-corrected chi connectivity index (χ2v) is 8.52. The van der Waals surface area contributed by atoms with Crippen LogP contribution in [0.2, 0.25) is 0 Å². The van der Waals surface area contributed by atoms with E-state index in [-0.39, 0.29) is 17.5 Å². The lowest BCUT2D eigenvalue weighted by Crippen LogP contribution is -2.44. The van der Waals surface area contributed by atoms with E-state index < -0.39 is 0 Å². The van der Waals surface area contributed by atoms with Crippen LogP contribution in [0.25, 0.3) is 27.6 Å². The molecule has 4 aromatic carbocycles. The third-order valence-corrected chi connectivity index (χ3v) is 6.19. The standard InChI is InChI=1S/C29H26N2O3/c1-20-10-12-21(13-11-20)28(32)30-27(29(33)31-14-16-34-17-15-31)19-26-24-8-4-2-6-22(24)18-23-7-3-5-9-25(23)26/h2-13,18-19H,14-17H2,1H3,(H,30,32)/b27-19+. The van der Waals surface area contributed by atoms with E-state index in [1.165, 1.54) is 0 Å². The highest BCUT2D eigenvalue weighted by molar-refractivity contribution is 6.11. The molecule has 5 heteroatoms. The second-order valence-electron chi connectivity index (χ2n) is 8.52. The molecule has 0 atom stereocenters. The molecule has 1 saturated heterocycles. The number of aryl methyl sites for hydroxylation is 1. The third kappa shape index (κ3) is 4.43. The Morgan fingerprint density at radius 2 is 1.44 bits per heavy atom. The summed E-state index contributed by atoms with van der Waals surface area (Å²) in [5, 5.41) is 7.13. The Hall–Kier alpha value is -3.96. The van der Waals surface area contributed by atoms with Gasteiger partial charge in [0.15, 0.2) is 0 Å². The van der Waals surface area contributed by atoms with Gasteiger partial charge in [-0.1, -0.05) is 66.2 Å². The Kier molecular flexibility index (Phi) is 6.11. The van der Waals surface area contributed by atoms with Gasteiger partial charge in [-0.2, -0.15) is 0 Å². The van der Waals surface area contributed by atoms with Crippen molar-refractivity contribution in [2.75, 3.05) is 26.3 Å². The first-order chi connectivity index (χ1) is 16.6. The monoisotopic (exact) mass is 450 g/mol. The molecule has 0 radical (unpaired) electrons. The minimum absolute atomic E-state index is 0.208. The molecule has 0 aromatic heterocycles. The van der Waals surface area contributed by atoms with Crippen LogP contribution >= 0.6 is 0 Å². The lowest BCUT2D eigenvalue weighted by Gasteiger charge is -2.28. The maximum Gasteiger partial charge on any atom is 0.270 e. The summed E-state index contributed by atoms with van der Waals surface area (Å²) in [6, 6.07) is 25.7. The molecule has 170 valence electrons. The van der Waals surface area contributed by atoms with E-state index in [9.17, 15) is 9.59 Å². The summed E-state index contributed by atoms with van der Waals surface area (Å²) in [5.41, 5.74) is 2.75. The number of amides is 2. The predicted octanol–water partition coefficient (Wildman–Crippen LogP) is 4.93. The SMILES string of the molecule is Cc1ccc(C(=O)N/C(=C/c2c3ccccc3cc3ccccc23)C(=O)N2CCOCC2)cc1. The lowest BCUT2D eigenvalue weighted by atomic mass is 9.96. The normalized spacial score (nSPS) is 14.4. The number of rotatable bonds is 4. The minimum atomic E-state index is -0.308. The zero-order valence-corrected chi connectivity index (χ0v) is 19.1. The summed E-state index contributed by atoms with van der Waals surface area (Å²) in [6.07, 6.45) is 1.83. The van der Waals surface area contributed by atoms with Gasteiger partial charge in [0.1, 0.15) is 5.70 Å². The minimum Gasteiger partial charge on any atom is -0.378 e. The third-order valence-electron chi connectivity index (χ3n) is 6.19. The summed E-state index contributed by atoms with van der Waals surface area (Å²) in [5.74, 6) is -0.516. The molecule has 1 fully saturated rings. The molecule has 5 nitrogen and oxygen atoms in total. The van der Waals surface area contributed by atoms with Crippen molar-refractivity contribution in [3.05, 3.63) is 101 Å². The first-order valence-electron chi connectivity index (χ1n) is 11.5. The second kappa shape index (κ2) is 9.49. The number of hydrogen-bond acceptors (Lipinski definition) is 3. The molecule has 0 unspecified atom stereocenters. The number of morpholine rings is 1. The number of ether oxygens (including phenoxy) is 1. The Balaban J connectivity index is 1.64. The van der Waals surface area contributed by atoms with E-state index in [4.69, 9.17) is 4.74 Å². The zero-order valence-electron chi connectivity index (χ0n) is 19.1. The quantitative estimate of drug-likeness (QED) is 0.354. The van der Waals surface area contributed by atoms with Gasteiger partial charge in [-0.25, -0.2) is 0 Å². The topological polar surface area (TPSA) is 58.6 Å². The smallest absolute Gasteiger partial charge is 0.270 e. The van der Waals surface area contributed by atoms with Gasteiger partial charge < -0.3 is 15.0 Å². The van der Waals surface area contributed by atoms with Gasteiger partial charge in [0.2, 0.25) is 0 Å². The summed E-state index contributed by atoms with van der Waals surface area (Å²) >= 11 is 0. The molecule has 0 spiro atoms. The van der Waals surface area contributed by atoms with Crippen molar-refractivity contribution in [2.45, 2.75) is 6.92 Å². The van der Waals surface area contributed by atoms with Crippen LogP contribution < -0.4 is 5.32 Å². The maximum absolute atomic E-state index is 13.6. The van der Waals surface area contributed by atoms with Gasteiger partial charge in [0.05, 0.1) is 13.2 Å². The molecule has 1 heterocycles. The van der Waals surface area contributed by atoms with E-state index in [2.05, 4.69) is 23.5 Å². The molecule has 2 amide bonds. The molecule has 1 aliphatic heterocycles. The van der Waals surface area contributed by atoms with Gasteiger partial charge in [0, 0.05) is 18.7 Å². The maximum atomic E-state index is 13.6. The fourth-order valence-electron chi connectivity index (χ4n) is 4.34. The summed E-state index contributed by atoms with van der Waals surface area (Å²) in [7, 11) is 0. The fourth-order valence-corrected chi connectivity index (χ4v) is 4.34. The largest absolute Gasteiger partial charge is 0.378 e. The van der Waals surface area contributed by atoms with E-state index in [0.29, 0.717) is 31.9 Å². The van der Waals surface area contributed by atoms with Crippen LogP contribution in [0.5, 0.6) is 0 Å². The first kappa shape index (κ1) is 21.9. The van der Waals surface area contributed by atoms with Crippen molar-refractivity contribution in [1.82, 2.24) is 10.2 Å². The number of fused-ring (bicyclic) bond motifs is 2. The molecule has 0 saturated carbocycles. The van der Waals surface area contributed by atoms with Gasteiger partial charge >= 0.3 is 0 Å². The van der Waals surface area contributed by atoms with E-state index in [1.807, 2.05) is 61.5 Å². The number of nitrogens with zero attached hydrogens (tertiary/aromatic N) is 1. The highest BCUT2D eigenvalue weighted by Crippen LogP contribution is 2.30. The van der Waals surface area contributed by atoms with Crippen LogP contribution in [-0.2, 0) is 9.53 Å². The van der Waals surface area contributed by atoms with E-state index in [0.717, 1.165) is 32.7 Å². The highest BCUT2D eigenvalue weighted by atomic mass is 16.5. The van der Waals surface area contributed by atoms with Crippen molar-refractivity contribution in [3.8, 4) is 0 Å². The molecule has 4 aromatic rings. The van der Waals surface area contributed by atoms with Crippen LogP contribution in [0.4, 0.5) is 0 Å². The number of carbonyl (C=O) groups is 2. The molecular weight excluding hydrogens is 424 g/mol. The first-order valence-corrected chi connectivity index (χ1v) is 11.5. The molecular formula is C29H26N2O3. The van der Waals surface area contributed by atoms with Crippen LogP contribution in [-0.4, -0.2) is 43.0 Å². The van der Waals surface area contributed by atoms with Crippen LogP contribution in [0.1, 0.15) is 21.5 Å². The van der Waals surface area contributed by atoms with Gasteiger partial charge in [-0.15, -0.1) is 0 Å². The average molecular weight is 451 g/mol. The molecule has 1 N–H and O–H groups in total. The van der Waals surface area contributed by atoms with Gasteiger partial charge in [-0.3, -0.25) is 9.59 Å². The van der Waals surface area contributed by atoms with Crippen molar-refractivity contribution in [1.29, 1.82) is 0 Å². The lowest BCUT2D eigenvalue weighted by molar-refractivity contribution is -0.131. The van der Waals surface area contributed by atoms with E-state index >= 15 is 0 Å². The fraction of sp³-hybridized carbons (Fsp3) is 0.172. The van der Waals surface area contributed by atoms with Crippen molar-refractivity contribution < 1.29 is 14.3 Å².